The molecule has 5 nitrogen and oxygen atoms in total. The lowest BCUT2D eigenvalue weighted by Gasteiger charge is -2.10. The highest BCUT2D eigenvalue weighted by Gasteiger charge is 2.07. The number of hydrogen-bond acceptors (Lipinski definition) is 5. The Bertz CT molecular complexity index is 639. The van der Waals surface area contributed by atoms with Gasteiger partial charge in [-0.2, -0.15) is 10.2 Å². The van der Waals surface area contributed by atoms with E-state index < -0.39 is 0 Å². The quantitative estimate of drug-likeness (QED) is 0.922. The van der Waals surface area contributed by atoms with Gasteiger partial charge in [-0.3, -0.25) is 0 Å². The largest absolute Gasteiger partial charge is 0.439 e. The van der Waals surface area contributed by atoms with Gasteiger partial charge in [-0.1, -0.05) is 13.0 Å². The first-order chi connectivity index (χ1) is 9.66. The van der Waals surface area contributed by atoms with Gasteiger partial charge in [0, 0.05) is 19.5 Å². The average molecular weight is 268 g/mol. The van der Waals surface area contributed by atoms with Crippen molar-refractivity contribution in [3.63, 3.8) is 0 Å². The van der Waals surface area contributed by atoms with Crippen LogP contribution in [0.15, 0.2) is 24.3 Å². The molecule has 0 spiro atoms. The predicted molar refractivity (Wildman–Crippen MR) is 76.9 cm³/mol. The van der Waals surface area contributed by atoms with E-state index >= 15 is 0 Å². The third kappa shape index (κ3) is 3.04. The van der Waals surface area contributed by atoms with Crippen molar-refractivity contribution in [1.82, 2.24) is 9.97 Å². The van der Waals surface area contributed by atoms with Gasteiger partial charge in [-0.05, 0) is 24.6 Å². The highest BCUT2D eigenvalue weighted by molar-refractivity contribution is 5.45. The van der Waals surface area contributed by atoms with E-state index in [9.17, 15) is 0 Å². The number of ether oxygens (including phenoxy) is 1. The molecule has 1 heterocycles. The molecule has 0 bridgehead atoms. The number of aryl methyl sites for hydroxylation is 2. The van der Waals surface area contributed by atoms with E-state index in [2.05, 4.69) is 21.4 Å². The molecular formula is C15H16N4O. The van der Waals surface area contributed by atoms with Crippen LogP contribution in [0.2, 0.25) is 0 Å². The van der Waals surface area contributed by atoms with Crippen LogP contribution in [0.5, 0.6) is 11.6 Å². The number of anilines is 1. The summed E-state index contributed by atoms with van der Waals surface area (Å²) in [5.41, 5.74) is 1.51. The average Bonchev–Trinajstić information content (AvgIpc) is 2.49. The summed E-state index contributed by atoms with van der Waals surface area (Å²) in [6.07, 6.45) is 0.725. The summed E-state index contributed by atoms with van der Waals surface area (Å²) in [7, 11) is 1.80. The molecule has 0 aliphatic heterocycles. The van der Waals surface area contributed by atoms with Gasteiger partial charge in [0.2, 0.25) is 5.88 Å². The maximum absolute atomic E-state index is 8.94. The number of nitrogens with zero attached hydrogens (tertiary/aromatic N) is 3. The van der Waals surface area contributed by atoms with Crippen LogP contribution in [-0.2, 0) is 6.42 Å². The zero-order valence-corrected chi connectivity index (χ0v) is 11.8. The second-order valence-electron chi connectivity index (χ2n) is 4.31. The highest BCUT2D eigenvalue weighted by Crippen LogP contribution is 2.26. The molecule has 0 saturated carbocycles. The molecule has 0 aliphatic carbocycles. The standard InChI is InChI=1S/C15H16N4O/c1-4-13-18-14(17-3)8-15(19-13)20-12-7-11(9-16)6-5-10(12)2/h5-8H,4H2,1-3H3,(H,17,18,19). The van der Waals surface area contributed by atoms with Gasteiger partial charge in [-0.25, -0.2) is 4.98 Å². The van der Waals surface area contributed by atoms with Crippen molar-refractivity contribution in [3.05, 3.63) is 41.2 Å². The lowest BCUT2D eigenvalue weighted by atomic mass is 10.1. The second-order valence-corrected chi connectivity index (χ2v) is 4.31. The SMILES string of the molecule is CCc1nc(NC)cc(Oc2cc(C#N)ccc2C)n1. The fourth-order valence-electron chi connectivity index (χ4n) is 1.70. The number of rotatable bonds is 4. The molecular weight excluding hydrogens is 252 g/mol. The van der Waals surface area contributed by atoms with E-state index in [4.69, 9.17) is 10.00 Å². The number of nitriles is 1. The Labute approximate surface area is 118 Å². The molecule has 1 aromatic heterocycles. The Hall–Kier alpha value is -2.61. The van der Waals surface area contributed by atoms with Crippen molar-refractivity contribution in [2.45, 2.75) is 20.3 Å². The summed E-state index contributed by atoms with van der Waals surface area (Å²) < 4.78 is 5.79. The smallest absolute Gasteiger partial charge is 0.224 e. The van der Waals surface area contributed by atoms with Crippen LogP contribution < -0.4 is 10.1 Å². The fourth-order valence-corrected chi connectivity index (χ4v) is 1.70. The molecule has 0 amide bonds. The van der Waals surface area contributed by atoms with Crippen LogP contribution >= 0.6 is 0 Å². The van der Waals surface area contributed by atoms with E-state index in [0.717, 1.165) is 12.0 Å². The molecule has 5 heteroatoms. The van der Waals surface area contributed by atoms with Crippen LogP contribution in [0.3, 0.4) is 0 Å². The van der Waals surface area contributed by atoms with Gasteiger partial charge in [0.15, 0.2) is 0 Å². The van der Waals surface area contributed by atoms with Gasteiger partial charge in [0.25, 0.3) is 0 Å². The minimum atomic E-state index is 0.472. The van der Waals surface area contributed by atoms with Gasteiger partial charge in [-0.15, -0.1) is 0 Å². The monoisotopic (exact) mass is 268 g/mol. The number of hydrogen-bond donors (Lipinski definition) is 1. The van der Waals surface area contributed by atoms with E-state index in [0.29, 0.717) is 28.8 Å². The van der Waals surface area contributed by atoms with Crippen LogP contribution in [0.25, 0.3) is 0 Å². The van der Waals surface area contributed by atoms with E-state index in [-0.39, 0.29) is 0 Å². The van der Waals surface area contributed by atoms with Gasteiger partial charge >= 0.3 is 0 Å². The van der Waals surface area contributed by atoms with Crippen LogP contribution in [-0.4, -0.2) is 17.0 Å². The van der Waals surface area contributed by atoms with Crippen LogP contribution in [0, 0.1) is 18.3 Å². The third-order valence-corrected chi connectivity index (χ3v) is 2.85. The van der Waals surface area contributed by atoms with E-state index in [1.807, 2.05) is 19.9 Å². The lowest BCUT2D eigenvalue weighted by Crippen LogP contribution is -2.01. The molecule has 2 aromatic rings. The Morgan fingerprint density at radius 2 is 2.10 bits per heavy atom. The first-order valence-corrected chi connectivity index (χ1v) is 6.40. The molecule has 2 rings (SSSR count). The Morgan fingerprint density at radius 3 is 2.75 bits per heavy atom. The summed E-state index contributed by atoms with van der Waals surface area (Å²) in [6, 6.07) is 9.16. The molecule has 0 radical (unpaired) electrons. The van der Waals surface area contributed by atoms with Crippen molar-refractivity contribution in [2.75, 3.05) is 12.4 Å². The Balaban J connectivity index is 2.36. The van der Waals surface area contributed by atoms with Crippen LogP contribution in [0.1, 0.15) is 23.9 Å². The first kappa shape index (κ1) is 13.8. The van der Waals surface area contributed by atoms with Gasteiger partial charge < -0.3 is 10.1 Å². The van der Waals surface area contributed by atoms with Gasteiger partial charge in [0.05, 0.1) is 11.6 Å². The van der Waals surface area contributed by atoms with Crippen LogP contribution in [0.4, 0.5) is 5.82 Å². The molecule has 0 saturated heterocycles. The van der Waals surface area contributed by atoms with E-state index in [1.54, 1.807) is 25.2 Å². The van der Waals surface area contributed by atoms with Crippen molar-refractivity contribution in [2.24, 2.45) is 0 Å². The summed E-state index contributed by atoms with van der Waals surface area (Å²) >= 11 is 0. The number of nitrogens with one attached hydrogen (secondary N) is 1. The van der Waals surface area contributed by atoms with Crippen molar-refractivity contribution < 1.29 is 4.74 Å². The molecule has 0 atom stereocenters. The highest BCUT2D eigenvalue weighted by atomic mass is 16.5. The summed E-state index contributed by atoms with van der Waals surface area (Å²) in [4.78, 5) is 8.65. The molecule has 1 N–H and O–H groups in total. The Morgan fingerprint density at radius 1 is 1.30 bits per heavy atom. The molecule has 0 unspecified atom stereocenters. The third-order valence-electron chi connectivity index (χ3n) is 2.85. The molecule has 102 valence electrons. The topological polar surface area (TPSA) is 70.8 Å². The van der Waals surface area contributed by atoms with Gasteiger partial charge in [0.1, 0.15) is 17.4 Å². The summed E-state index contributed by atoms with van der Waals surface area (Å²) in [5, 5.41) is 11.9. The van der Waals surface area contributed by atoms with Crippen molar-refractivity contribution >= 4 is 5.82 Å². The summed E-state index contributed by atoms with van der Waals surface area (Å²) in [5.74, 6) is 2.52. The maximum atomic E-state index is 8.94. The number of aromatic nitrogens is 2. The molecule has 0 aliphatic rings. The zero-order valence-electron chi connectivity index (χ0n) is 11.8. The molecule has 0 fully saturated rings. The zero-order chi connectivity index (χ0) is 14.5. The second kappa shape index (κ2) is 6.02. The summed E-state index contributed by atoms with van der Waals surface area (Å²) in [6.45, 7) is 3.91. The minimum absolute atomic E-state index is 0.472. The molecule has 20 heavy (non-hydrogen) atoms. The first-order valence-electron chi connectivity index (χ1n) is 6.40. The maximum Gasteiger partial charge on any atom is 0.224 e. The fraction of sp³-hybridized carbons (Fsp3) is 0.267. The minimum Gasteiger partial charge on any atom is -0.439 e. The molecule has 1 aromatic carbocycles. The van der Waals surface area contributed by atoms with E-state index in [1.165, 1.54) is 0 Å². The van der Waals surface area contributed by atoms with Crippen molar-refractivity contribution in [3.8, 4) is 17.7 Å². The van der Waals surface area contributed by atoms with Crippen molar-refractivity contribution in [1.29, 1.82) is 5.26 Å². The predicted octanol–water partition coefficient (Wildman–Crippen LogP) is 3.05. The number of benzene rings is 1. The Kier molecular flexibility index (Phi) is 4.16. The normalized spacial score (nSPS) is 9.90. The lowest BCUT2D eigenvalue weighted by molar-refractivity contribution is 0.455.